The summed E-state index contributed by atoms with van der Waals surface area (Å²) in [6, 6.07) is 13.6. The van der Waals surface area contributed by atoms with Crippen LogP contribution in [0.3, 0.4) is 0 Å². The largest absolute Gasteiger partial charge is 0.478 e. The van der Waals surface area contributed by atoms with Crippen molar-refractivity contribution in [2.24, 2.45) is 0 Å². The van der Waals surface area contributed by atoms with Crippen LogP contribution in [0.5, 0.6) is 11.5 Å². The average molecular weight is 650 g/mol. The van der Waals surface area contributed by atoms with E-state index in [0.29, 0.717) is 44.6 Å². The summed E-state index contributed by atoms with van der Waals surface area (Å²) >= 11 is 14.5. The van der Waals surface area contributed by atoms with Gasteiger partial charge in [0.05, 0.1) is 0 Å². The molecule has 42 heavy (non-hydrogen) atoms. The molecule has 0 radical (unpaired) electrons. The van der Waals surface area contributed by atoms with Crippen LogP contribution in [-0.2, 0) is 22.4 Å². The van der Waals surface area contributed by atoms with E-state index in [-0.39, 0.29) is 11.8 Å². The van der Waals surface area contributed by atoms with Crippen molar-refractivity contribution in [3.8, 4) is 11.5 Å². The molecular formula is C28H30Cl2N6O4S2. The van der Waals surface area contributed by atoms with Crippen LogP contribution in [0.1, 0.15) is 50.6 Å². The van der Waals surface area contributed by atoms with Gasteiger partial charge in [-0.2, -0.15) is 0 Å². The molecule has 0 fully saturated rings. The van der Waals surface area contributed by atoms with Crippen LogP contribution in [0.15, 0.2) is 48.5 Å². The molecule has 0 bridgehead atoms. The first-order chi connectivity index (χ1) is 19.9. The van der Waals surface area contributed by atoms with Gasteiger partial charge in [0, 0.05) is 22.9 Å². The first-order valence-electron chi connectivity index (χ1n) is 13.1. The summed E-state index contributed by atoms with van der Waals surface area (Å²) in [5.41, 5.74) is -2.25. The highest BCUT2D eigenvalue weighted by Crippen LogP contribution is 2.26. The van der Waals surface area contributed by atoms with Crippen LogP contribution in [-0.4, -0.2) is 43.4 Å². The van der Waals surface area contributed by atoms with Crippen molar-refractivity contribution in [2.75, 3.05) is 10.6 Å². The van der Waals surface area contributed by atoms with Gasteiger partial charge in [-0.15, -0.1) is 20.4 Å². The Labute approximate surface area is 261 Å². The van der Waals surface area contributed by atoms with Crippen molar-refractivity contribution < 1.29 is 19.1 Å². The number of unbranched alkanes of at least 4 members (excludes halogenated alkanes) is 1. The number of halogens is 2. The van der Waals surface area contributed by atoms with Gasteiger partial charge in [0.2, 0.25) is 10.3 Å². The van der Waals surface area contributed by atoms with E-state index in [0.717, 1.165) is 22.9 Å². The molecule has 10 nitrogen and oxygen atoms in total. The first kappa shape index (κ1) is 31.6. The second-order valence-electron chi connectivity index (χ2n) is 10.2. The van der Waals surface area contributed by atoms with Crippen molar-refractivity contribution in [3.05, 3.63) is 68.6 Å². The zero-order chi connectivity index (χ0) is 30.3. The Hall–Kier alpha value is -3.32. The maximum atomic E-state index is 12.8. The van der Waals surface area contributed by atoms with E-state index in [4.69, 9.17) is 32.7 Å². The van der Waals surface area contributed by atoms with Crippen molar-refractivity contribution >= 4 is 68.0 Å². The third-order valence-corrected chi connectivity index (χ3v) is 8.17. The number of hydrogen-bond donors (Lipinski definition) is 2. The van der Waals surface area contributed by atoms with Gasteiger partial charge in [0.25, 0.3) is 11.8 Å². The lowest BCUT2D eigenvalue weighted by Crippen LogP contribution is -2.42. The van der Waals surface area contributed by atoms with E-state index in [1.807, 2.05) is 0 Å². The number of amides is 2. The van der Waals surface area contributed by atoms with E-state index in [2.05, 4.69) is 31.0 Å². The molecule has 0 spiro atoms. The Kier molecular flexibility index (Phi) is 10.4. The van der Waals surface area contributed by atoms with Gasteiger partial charge < -0.3 is 9.47 Å². The Bertz CT molecular complexity index is 1390. The maximum Gasteiger partial charge on any atom is 0.269 e. The zero-order valence-corrected chi connectivity index (χ0v) is 26.6. The molecule has 2 aromatic heterocycles. The standard InChI is InChI=1S/C28H30Cl2N6O4S2/c1-27(2,39-19-13-9-17(29)10-14-19)23(37)31-25-35-33-21(41-25)7-5-6-8-22-34-36-26(42-22)32-24(38)28(3,4)40-20-15-11-18(30)12-16-20/h9-16H,5-8H2,1-4H3,(H,31,35,37)(H,32,36,38). The number of ether oxygens (including phenoxy) is 2. The molecule has 2 heterocycles. The Morgan fingerprint density at radius 1 is 0.667 bits per heavy atom. The fourth-order valence-electron chi connectivity index (χ4n) is 3.55. The minimum atomic E-state index is -1.13. The first-order valence-corrected chi connectivity index (χ1v) is 15.5. The summed E-state index contributed by atoms with van der Waals surface area (Å²) in [6.45, 7) is 6.72. The normalized spacial score (nSPS) is 11.7. The van der Waals surface area contributed by atoms with E-state index < -0.39 is 11.2 Å². The quantitative estimate of drug-likeness (QED) is 0.151. The zero-order valence-electron chi connectivity index (χ0n) is 23.4. The van der Waals surface area contributed by atoms with E-state index in [9.17, 15) is 9.59 Å². The van der Waals surface area contributed by atoms with Crippen LogP contribution in [0.2, 0.25) is 10.0 Å². The van der Waals surface area contributed by atoms with Crippen LogP contribution < -0.4 is 20.1 Å². The smallest absolute Gasteiger partial charge is 0.269 e. The molecular weight excluding hydrogens is 619 g/mol. The minimum absolute atomic E-state index is 0.334. The van der Waals surface area contributed by atoms with Gasteiger partial charge >= 0.3 is 0 Å². The molecule has 2 aromatic carbocycles. The van der Waals surface area contributed by atoms with E-state index >= 15 is 0 Å². The molecule has 2 N–H and O–H groups in total. The molecule has 4 rings (SSSR count). The summed E-state index contributed by atoms with van der Waals surface area (Å²) in [5, 5.41) is 25.8. The fraction of sp³-hybridized carbons (Fsp3) is 0.357. The van der Waals surface area contributed by atoms with Gasteiger partial charge in [-0.1, -0.05) is 45.9 Å². The molecule has 0 saturated carbocycles. The predicted octanol–water partition coefficient (Wildman–Crippen LogP) is 6.85. The highest BCUT2D eigenvalue weighted by atomic mass is 35.5. The molecule has 2 amide bonds. The Morgan fingerprint density at radius 3 is 1.38 bits per heavy atom. The lowest BCUT2D eigenvalue weighted by molar-refractivity contribution is -0.129. The van der Waals surface area contributed by atoms with Gasteiger partial charge in [-0.05, 0) is 89.1 Å². The van der Waals surface area contributed by atoms with Crippen molar-refractivity contribution in [3.63, 3.8) is 0 Å². The molecule has 0 aliphatic heterocycles. The van der Waals surface area contributed by atoms with Crippen molar-refractivity contribution in [2.45, 2.75) is 64.6 Å². The number of carbonyl (C=O) groups is 2. The number of carbonyl (C=O) groups excluding carboxylic acids is 2. The number of nitrogens with one attached hydrogen (secondary N) is 2. The summed E-state index contributed by atoms with van der Waals surface area (Å²) in [6.07, 6.45) is 3.10. The van der Waals surface area contributed by atoms with Gasteiger partial charge in [-0.25, -0.2) is 0 Å². The monoisotopic (exact) mass is 648 g/mol. The molecule has 14 heteroatoms. The fourth-order valence-corrected chi connectivity index (χ4v) is 5.35. The molecule has 0 saturated heterocycles. The molecule has 4 aromatic rings. The number of benzene rings is 2. The molecule has 0 atom stereocenters. The average Bonchev–Trinajstić information content (AvgIpc) is 3.58. The van der Waals surface area contributed by atoms with Gasteiger partial charge in [-0.3, -0.25) is 20.2 Å². The van der Waals surface area contributed by atoms with Gasteiger partial charge in [0.15, 0.2) is 11.2 Å². The summed E-state index contributed by atoms with van der Waals surface area (Å²) in [4.78, 5) is 25.6. The van der Waals surface area contributed by atoms with Crippen LogP contribution >= 0.6 is 45.9 Å². The number of nitrogens with zero attached hydrogens (tertiary/aromatic N) is 4. The van der Waals surface area contributed by atoms with Crippen molar-refractivity contribution in [1.29, 1.82) is 0 Å². The number of rotatable bonds is 13. The highest BCUT2D eigenvalue weighted by molar-refractivity contribution is 7.15. The lowest BCUT2D eigenvalue weighted by Gasteiger charge is -2.24. The molecule has 0 aliphatic carbocycles. The second kappa shape index (κ2) is 13.8. The number of hydrogen-bond acceptors (Lipinski definition) is 10. The van der Waals surface area contributed by atoms with Crippen LogP contribution in [0, 0.1) is 0 Å². The van der Waals surface area contributed by atoms with E-state index in [1.54, 1.807) is 76.2 Å². The van der Waals surface area contributed by atoms with Crippen LogP contribution in [0.25, 0.3) is 0 Å². The number of aryl methyl sites for hydroxylation is 2. The SMILES string of the molecule is CC(C)(Oc1ccc(Cl)cc1)C(=O)Nc1nnc(CCCCc2nnc(NC(=O)C(C)(C)Oc3ccc(Cl)cc3)s2)s1. The third kappa shape index (κ3) is 9.09. The lowest BCUT2D eigenvalue weighted by atomic mass is 10.1. The van der Waals surface area contributed by atoms with Crippen molar-refractivity contribution in [1.82, 2.24) is 20.4 Å². The topological polar surface area (TPSA) is 128 Å². The minimum Gasteiger partial charge on any atom is -0.478 e. The second-order valence-corrected chi connectivity index (χ2v) is 13.2. The number of anilines is 2. The molecule has 0 unspecified atom stereocenters. The summed E-state index contributed by atoms with van der Waals surface area (Å²) < 4.78 is 11.7. The number of aromatic nitrogens is 4. The molecule has 222 valence electrons. The third-order valence-electron chi connectivity index (χ3n) is 5.87. The Morgan fingerprint density at radius 2 is 1.02 bits per heavy atom. The van der Waals surface area contributed by atoms with E-state index in [1.165, 1.54) is 22.7 Å². The van der Waals surface area contributed by atoms with Crippen LogP contribution in [0.4, 0.5) is 10.3 Å². The Balaban J connectivity index is 1.19. The molecule has 0 aliphatic rings. The predicted molar refractivity (Wildman–Crippen MR) is 166 cm³/mol. The van der Waals surface area contributed by atoms with Gasteiger partial charge in [0.1, 0.15) is 21.5 Å². The summed E-state index contributed by atoms with van der Waals surface area (Å²) in [7, 11) is 0. The highest BCUT2D eigenvalue weighted by Gasteiger charge is 2.32. The summed E-state index contributed by atoms with van der Waals surface area (Å²) in [5.74, 6) is 0.405. The maximum absolute atomic E-state index is 12.8.